The molecule has 0 bridgehead atoms. The Morgan fingerprint density at radius 2 is 1.79 bits per heavy atom. The molecular formula is C21H26N2O3S2. The van der Waals surface area contributed by atoms with E-state index in [9.17, 15) is 13.2 Å². The van der Waals surface area contributed by atoms with Gasteiger partial charge in [0, 0.05) is 16.5 Å². The Hall–Kier alpha value is -1.83. The number of thioether (sulfide) groups is 1. The van der Waals surface area contributed by atoms with Gasteiger partial charge in [0.15, 0.2) is 0 Å². The normalized spacial score (nSPS) is 16.1. The maximum absolute atomic E-state index is 12.6. The summed E-state index contributed by atoms with van der Waals surface area (Å²) in [5, 5.41) is 2.94. The van der Waals surface area contributed by atoms with Crippen LogP contribution in [-0.4, -0.2) is 26.6 Å². The molecule has 0 saturated heterocycles. The average Bonchev–Trinajstić information content (AvgIpc) is 3.20. The van der Waals surface area contributed by atoms with Crippen LogP contribution >= 0.6 is 11.8 Å². The van der Waals surface area contributed by atoms with Gasteiger partial charge in [0.25, 0.3) is 5.91 Å². The molecule has 2 aromatic rings. The largest absolute Gasteiger partial charge is 0.346 e. The van der Waals surface area contributed by atoms with Crippen molar-refractivity contribution in [2.75, 3.05) is 6.26 Å². The molecule has 0 aliphatic heterocycles. The van der Waals surface area contributed by atoms with E-state index in [-0.39, 0.29) is 22.9 Å². The van der Waals surface area contributed by atoms with E-state index in [4.69, 9.17) is 0 Å². The number of hydrogen-bond donors (Lipinski definition) is 2. The number of carbonyl (C=O) groups is 1. The second-order valence-electron chi connectivity index (χ2n) is 7.10. The minimum atomic E-state index is -3.62. The second kappa shape index (κ2) is 9.11. The van der Waals surface area contributed by atoms with Crippen LogP contribution in [0.25, 0.3) is 0 Å². The van der Waals surface area contributed by atoms with Crippen LogP contribution in [-0.2, 0) is 10.0 Å². The Morgan fingerprint density at radius 3 is 2.43 bits per heavy atom. The van der Waals surface area contributed by atoms with Crippen LogP contribution in [0.3, 0.4) is 0 Å². The van der Waals surface area contributed by atoms with Crippen LogP contribution < -0.4 is 10.0 Å². The zero-order valence-electron chi connectivity index (χ0n) is 16.1. The first-order valence-corrected chi connectivity index (χ1v) is 12.2. The average molecular weight is 419 g/mol. The molecule has 0 heterocycles. The van der Waals surface area contributed by atoms with Crippen molar-refractivity contribution in [2.24, 2.45) is 0 Å². The molecule has 1 saturated carbocycles. The molecule has 1 atom stereocenters. The molecule has 2 N–H and O–H groups in total. The summed E-state index contributed by atoms with van der Waals surface area (Å²) < 4.78 is 28.0. The number of sulfonamides is 1. The van der Waals surface area contributed by atoms with Crippen LogP contribution in [0.4, 0.5) is 0 Å². The number of rotatable bonds is 7. The topological polar surface area (TPSA) is 75.3 Å². The number of amides is 1. The Balaban J connectivity index is 1.70. The lowest BCUT2D eigenvalue weighted by Crippen LogP contribution is -2.33. The van der Waals surface area contributed by atoms with Gasteiger partial charge < -0.3 is 5.32 Å². The molecule has 5 nitrogen and oxygen atoms in total. The van der Waals surface area contributed by atoms with Gasteiger partial charge in [-0.1, -0.05) is 31.0 Å². The highest BCUT2D eigenvalue weighted by molar-refractivity contribution is 7.98. The first-order chi connectivity index (χ1) is 13.4. The monoisotopic (exact) mass is 418 g/mol. The zero-order valence-corrected chi connectivity index (χ0v) is 17.8. The van der Waals surface area contributed by atoms with Crippen molar-refractivity contribution < 1.29 is 13.2 Å². The molecule has 0 aromatic heterocycles. The Labute approximate surface area is 171 Å². The van der Waals surface area contributed by atoms with E-state index in [1.54, 1.807) is 23.9 Å². The highest BCUT2D eigenvalue weighted by atomic mass is 32.2. The van der Waals surface area contributed by atoms with Gasteiger partial charge in [-0.15, -0.1) is 11.8 Å². The lowest BCUT2D eigenvalue weighted by molar-refractivity contribution is 0.0939. The van der Waals surface area contributed by atoms with E-state index in [0.29, 0.717) is 5.56 Å². The molecular weight excluding hydrogens is 392 g/mol. The van der Waals surface area contributed by atoms with Gasteiger partial charge in [-0.3, -0.25) is 4.79 Å². The van der Waals surface area contributed by atoms with E-state index < -0.39 is 10.0 Å². The van der Waals surface area contributed by atoms with Crippen LogP contribution in [0, 0.1) is 0 Å². The van der Waals surface area contributed by atoms with Crippen molar-refractivity contribution in [1.29, 1.82) is 0 Å². The van der Waals surface area contributed by atoms with Gasteiger partial charge in [-0.25, -0.2) is 13.1 Å². The van der Waals surface area contributed by atoms with E-state index >= 15 is 0 Å². The van der Waals surface area contributed by atoms with E-state index in [1.165, 1.54) is 12.1 Å². The van der Waals surface area contributed by atoms with Gasteiger partial charge in [-0.2, -0.15) is 0 Å². The molecule has 1 aliphatic carbocycles. The van der Waals surface area contributed by atoms with Crippen molar-refractivity contribution in [3.05, 3.63) is 59.7 Å². The van der Waals surface area contributed by atoms with Crippen molar-refractivity contribution in [1.82, 2.24) is 10.0 Å². The maximum atomic E-state index is 12.6. The summed E-state index contributed by atoms with van der Waals surface area (Å²) in [5.41, 5.74) is 1.33. The molecule has 0 radical (unpaired) electrons. The predicted octanol–water partition coefficient (Wildman–Crippen LogP) is 4.12. The SMILES string of the molecule is CSc1ccc(C(C)NC(=O)c2cccc(S(=O)(=O)NC3CCCC3)c2)cc1. The van der Waals surface area contributed by atoms with Gasteiger partial charge in [-0.05, 0) is 61.9 Å². The van der Waals surface area contributed by atoms with Gasteiger partial charge in [0.1, 0.15) is 0 Å². The minimum Gasteiger partial charge on any atom is -0.346 e. The summed E-state index contributed by atoms with van der Waals surface area (Å²) in [6, 6.07) is 14.0. The first-order valence-electron chi connectivity index (χ1n) is 9.46. The molecule has 1 amide bonds. The van der Waals surface area contributed by atoms with Gasteiger partial charge in [0.2, 0.25) is 10.0 Å². The molecule has 2 aromatic carbocycles. The smallest absolute Gasteiger partial charge is 0.251 e. The molecule has 0 spiro atoms. The zero-order chi connectivity index (χ0) is 20.1. The van der Waals surface area contributed by atoms with Crippen LogP contribution in [0.1, 0.15) is 54.6 Å². The number of benzene rings is 2. The van der Waals surface area contributed by atoms with E-state index in [1.807, 2.05) is 37.4 Å². The number of nitrogens with one attached hydrogen (secondary N) is 2. The summed E-state index contributed by atoms with van der Waals surface area (Å²) in [5.74, 6) is -0.292. The quantitative estimate of drug-likeness (QED) is 0.663. The fourth-order valence-electron chi connectivity index (χ4n) is 3.39. The van der Waals surface area contributed by atoms with Crippen LogP contribution in [0.5, 0.6) is 0 Å². The Kier molecular flexibility index (Phi) is 6.80. The van der Waals surface area contributed by atoms with Crippen molar-refractivity contribution >= 4 is 27.7 Å². The fraction of sp³-hybridized carbons (Fsp3) is 0.381. The standard InChI is InChI=1S/C21H26N2O3S2/c1-15(16-10-12-19(27-2)13-11-16)22-21(24)17-6-5-9-20(14-17)28(25,26)23-18-7-3-4-8-18/h5-6,9-15,18,23H,3-4,7-8H2,1-2H3,(H,22,24). The summed E-state index contributed by atoms with van der Waals surface area (Å²) in [6.45, 7) is 1.91. The highest BCUT2D eigenvalue weighted by Crippen LogP contribution is 2.22. The third-order valence-corrected chi connectivity index (χ3v) is 7.31. The van der Waals surface area contributed by atoms with Gasteiger partial charge >= 0.3 is 0 Å². The first kappa shape index (κ1) is 20.9. The van der Waals surface area contributed by atoms with Crippen LogP contribution in [0.15, 0.2) is 58.3 Å². The minimum absolute atomic E-state index is 0.00763. The molecule has 28 heavy (non-hydrogen) atoms. The predicted molar refractivity (Wildman–Crippen MR) is 113 cm³/mol. The highest BCUT2D eigenvalue weighted by Gasteiger charge is 2.23. The molecule has 7 heteroatoms. The lowest BCUT2D eigenvalue weighted by Gasteiger charge is -2.16. The number of carbonyl (C=O) groups excluding carboxylic acids is 1. The molecule has 1 aliphatic rings. The van der Waals surface area contributed by atoms with E-state index in [2.05, 4.69) is 10.0 Å². The van der Waals surface area contributed by atoms with Gasteiger partial charge in [0.05, 0.1) is 10.9 Å². The van der Waals surface area contributed by atoms with Crippen molar-refractivity contribution in [3.8, 4) is 0 Å². The maximum Gasteiger partial charge on any atom is 0.251 e. The lowest BCUT2D eigenvalue weighted by atomic mass is 10.1. The second-order valence-corrected chi connectivity index (χ2v) is 9.69. The van der Waals surface area contributed by atoms with Crippen molar-refractivity contribution in [2.45, 2.75) is 54.5 Å². The molecule has 1 fully saturated rings. The molecule has 1 unspecified atom stereocenters. The van der Waals surface area contributed by atoms with E-state index in [0.717, 1.165) is 36.1 Å². The summed E-state index contributed by atoms with van der Waals surface area (Å²) in [4.78, 5) is 13.9. The van der Waals surface area contributed by atoms with Crippen LogP contribution in [0.2, 0.25) is 0 Å². The molecule has 3 rings (SSSR count). The van der Waals surface area contributed by atoms with Crippen molar-refractivity contribution in [3.63, 3.8) is 0 Å². The summed E-state index contributed by atoms with van der Waals surface area (Å²) in [7, 11) is -3.62. The third-order valence-electron chi connectivity index (χ3n) is 5.05. The fourth-order valence-corrected chi connectivity index (χ4v) is 5.15. The summed E-state index contributed by atoms with van der Waals surface area (Å²) in [6.07, 6.45) is 5.85. The number of hydrogen-bond acceptors (Lipinski definition) is 4. The molecule has 150 valence electrons. The summed E-state index contributed by atoms with van der Waals surface area (Å²) >= 11 is 1.66. The Morgan fingerprint density at radius 1 is 1.11 bits per heavy atom. The third kappa shape index (κ3) is 5.16. The Bertz CT molecular complexity index is 921.